The molecule has 1 saturated heterocycles. The molecule has 1 aromatic carbocycles. The zero-order valence-corrected chi connectivity index (χ0v) is 19.4. The molecule has 7 nitrogen and oxygen atoms in total. The van der Waals surface area contributed by atoms with Gasteiger partial charge in [0.15, 0.2) is 0 Å². The predicted octanol–water partition coefficient (Wildman–Crippen LogP) is 4.35. The Balaban J connectivity index is 1.37. The number of nitrogens with one attached hydrogen (secondary N) is 1. The second-order valence-electron chi connectivity index (χ2n) is 7.98. The molecule has 9 heteroatoms. The molecule has 0 spiro atoms. The van der Waals surface area contributed by atoms with Crippen LogP contribution >= 0.6 is 23.2 Å². The highest BCUT2D eigenvalue weighted by atomic mass is 35.5. The normalized spacial score (nSPS) is 14.6. The van der Waals surface area contributed by atoms with Crippen LogP contribution in [-0.4, -0.2) is 45.6 Å². The molecule has 3 heterocycles. The third-order valence-electron chi connectivity index (χ3n) is 5.83. The van der Waals surface area contributed by atoms with Crippen molar-refractivity contribution in [2.75, 3.05) is 13.1 Å². The van der Waals surface area contributed by atoms with E-state index in [1.165, 1.54) is 12.5 Å². The molecule has 2 aromatic heterocycles. The number of furan rings is 1. The van der Waals surface area contributed by atoms with Crippen LogP contribution in [0.25, 0.3) is 5.69 Å². The highest BCUT2D eigenvalue weighted by molar-refractivity contribution is 6.35. The summed E-state index contributed by atoms with van der Waals surface area (Å²) in [5, 5.41) is 8.74. The molecule has 1 aliphatic heterocycles. The molecule has 3 aromatic rings. The molecule has 0 bridgehead atoms. The number of benzene rings is 1. The van der Waals surface area contributed by atoms with Gasteiger partial charge in [-0.2, -0.15) is 5.10 Å². The van der Waals surface area contributed by atoms with Crippen molar-refractivity contribution in [1.82, 2.24) is 20.0 Å². The van der Waals surface area contributed by atoms with Crippen molar-refractivity contribution in [3.05, 3.63) is 69.4 Å². The minimum absolute atomic E-state index is 0.0388. The Hall–Kier alpha value is -2.77. The van der Waals surface area contributed by atoms with E-state index in [9.17, 15) is 9.59 Å². The van der Waals surface area contributed by atoms with Gasteiger partial charge in [-0.05, 0) is 51.0 Å². The fourth-order valence-electron chi connectivity index (χ4n) is 4.05. The largest absolute Gasteiger partial charge is 0.472 e. The Morgan fingerprint density at radius 2 is 1.94 bits per heavy atom. The molecule has 0 aliphatic carbocycles. The Bertz CT molecular complexity index is 1130. The number of likely N-dealkylation sites (tertiary alicyclic amines) is 1. The maximum atomic E-state index is 12.8. The Labute approximate surface area is 196 Å². The van der Waals surface area contributed by atoms with Crippen molar-refractivity contribution < 1.29 is 14.0 Å². The summed E-state index contributed by atoms with van der Waals surface area (Å²) in [4.78, 5) is 27.0. The highest BCUT2D eigenvalue weighted by Crippen LogP contribution is 2.27. The zero-order chi connectivity index (χ0) is 22.8. The minimum atomic E-state index is -0.0578. The molecule has 168 valence electrons. The van der Waals surface area contributed by atoms with Crippen LogP contribution in [0.1, 0.15) is 40.2 Å². The molecule has 32 heavy (non-hydrogen) atoms. The molecule has 4 rings (SSSR count). The molecule has 0 unspecified atom stereocenters. The first-order chi connectivity index (χ1) is 15.3. The molecule has 1 fully saturated rings. The molecule has 1 N–H and O–H groups in total. The van der Waals surface area contributed by atoms with Crippen LogP contribution in [0.15, 0.2) is 41.2 Å². The number of carbonyl (C=O) groups excluding carboxylic acids is 2. The molecule has 2 amide bonds. The average Bonchev–Trinajstić information content (AvgIpc) is 3.39. The first-order valence-electron chi connectivity index (χ1n) is 10.4. The maximum Gasteiger partial charge on any atom is 0.257 e. The molecule has 1 aliphatic rings. The van der Waals surface area contributed by atoms with Crippen molar-refractivity contribution >= 4 is 35.0 Å². The number of hydrogen-bond donors (Lipinski definition) is 1. The fourth-order valence-corrected chi connectivity index (χ4v) is 4.54. The monoisotopic (exact) mass is 474 g/mol. The van der Waals surface area contributed by atoms with Gasteiger partial charge in [0.25, 0.3) is 5.91 Å². The summed E-state index contributed by atoms with van der Waals surface area (Å²) < 4.78 is 6.74. The molecule has 0 atom stereocenters. The quantitative estimate of drug-likeness (QED) is 0.595. The number of piperidine rings is 1. The Kier molecular flexibility index (Phi) is 6.58. The minimum Gasteiger partial charge on any atom is -0.472 e. The first kappa shape index (κ1) is 22.4. The lowest BCUT2D eigenvalue weighted by atomic mass is 10.0. The van der Waals surface area contributed by atoms with Gasteiger partial charge in [-0.1, -0.05) is 23.2 Å². The number of aryl methyl sites for hydroxylation is 1. The van der Waals surface area contributed by atoms with E-state index in [0.717, 1.165) is 22.6 Å². The van der Waals surface area contributed by atoms with E-state index < -0.39 is 0 Å². The van der Waals surface area contributed by atoms with E-state index in [0.29, 0.717) is 41.5 Å². The summed E-state index contributed by atoms with van der Waals surface area (Å²) in [5.74, 6) is -0.0967. The molecule has 0 radical (unpaired) electrons. The van der Waals surface area contributed by atoms with Gasteiger partial charge >= 0.3 is 0 Å². The lowest BCUT2D eigenvalue weighted by molar-refractivity contribution is -0.121. The summed E-state index contributed by atoms with van der Waals surface area (Å²) in [7, 11) is 0. The maximum absolute atomic E-state index is 12.8. The number of hydrogen-bond acceptors (Lipinski definition) is 4. The lowest BCUT2D eigenvalue weighted by Crippen LogP contribution is -2.46. The number of rotatable bonds is 5. The van der Waals surface area contributed by atoms with Crippen molar-refractivity contribution in [3.63, 3.8) is 0 Å². The summed E-state index contributed by atoms with van der Waals surface area (Å²) in [5.41, 5.74) is 3.79. The zero-order valence-electron chi connectivity index (χ0n) is 17.9. The Morgan fingerprint density at radius 3 is 2.59 bits per heavy atom. The van der Waals surface area contributed by atoms with Crippen LogP contribution < -0.4 is 5.32 Å². The smallest absolute Gasteiger partial charge is 0.257 e. The van der Waals surface area contributed by atoms with E-state index in [4.69, 9.17) is 27.6 Å². The standard InChI is InChI=1S/C23H24Cl2N4O3/c1-14-19(15(2)29(27-14)21-4-3-17(24)11-20(21)25)12-22(30)26-18-5-8-28(9-6-18)23(31)16-7-10-32-13-16/h3-4,7,10-11,13,18H,5-6,8-9,12H2,1-2H3,(H,26,30). The van der Waals surface area contributed by atoms with Crippen LogP contribution in [0.5, 0.6) is 0 Å². The second-order valence-corrected chi connectivity index (χ2v) is 8.82. The van der Waals surface area contributed by atoms with Gasteiger partial charge in [0, 0.05) is 35.4 Å². The lowest BCUT2D eigenvalue weighted by Gasteiger charge is -2.32. The predicted molar refractivity (Wildman–Crippen MR) is 123 cm³/mol. The number of nitrogens with zero attached hydrogens (tertiary/aromatic N) is 3. The number of carbonyl (C=O) groups is 2. The summed E-state index contributed by atoms with van der Waals surface area (Å²) >= 11 is 12.3. The van der Waals surface area contributed by atoms with Crippen LogP contribution in [0.3, 0.4) is 0 Å². The van der Waals surface area contributed by atoms with E-state index in [1.807, 2.05) is 19.9 Å². The summed E-state index contributed by atoms with van der Waals surface area (Å²) in [6.07, 6.45) is 4.61. The second kappa shape index (κ2) is 9.38. The van der Waals surface area contributed by atoms with E-state index in [1.54, 1.807) is 27.8 Å². The van der Waals surface area contributed by atoms with Crippen molar-refractivity contribution in [2.45, 2.75) is 39.2 Å². The topological polar surface area (TPSA) is 80.4 Å². The summed E-state index contributed by atoms with van der Waals surface area (Å²) in [6.45, 7) is 5.00. The van der Waals surface area contributed by atoms with Gasteiger partial charge in [0.1, 0.15) is 6.26 Å². The molecular formula is C23H24Cl2N4O3. The van der Waals surface area contributed by atoms with Crippen LogP contribution in [-0.2, 0) is 11.2 Å². The van der Waals surface area contributed by atoms with Crippen molar-refractivity contribution in [1.29, 1.82) is 0 Å². The molecule has 0 saturated carbocycles. The van der Waals surface area contributed by atoms with Gasteiger partial charge in [-0.3, -0.25) is 9.59 Å². The number of amides is 2. The average molecular weight is 475 g/mol. The highest BCUT2D eigenvalue weighted by Gasteiger charge is 2.26. The fraction of sp³-hybridized carbons (Fsp3) is 0.348. The summed E-state index contributed by atoms with van der Waals surface area (Å²) in [6, 6.07) is 6.95. The van der Waals surface area contributed by atoms with Crippen molar-refractivity contribution in [2.24, 2.45) is 0 Å². The van der Waals surface area contributed by atoms with Gasteiger partial charge < -0.3 is 14.6 Å². The van der Waals surface area contributed by atoms with E-state index in [2.05, 4.69) is 10.4 Å². The first-order valence-corrected chi connectivity index (χ1v) is 11.2. The SMILES string of the molecule is Cc1nn(-c2ccc(Cl)cc2Cl)c(C)c1CC(=O)NC1CCN(C(=O)c2ccoc2)CC1. The molecular weight excluding hydrogens is 451 g/mol. The van der Waals surface area contributed by atoms with Gasteiger partial charge in [0.2, 0.25) is 5.91 Å². The van der Waals surface area contributed by atoms with Crippen LogP contribution in [0.2, 0.25) is 10.0 Å². The Morgan fingerprint density at radius 1 is 1.19 bits per heavy atom. The van der Waals surface area contributed by atoms with E-state index >= 15 is 0 Å². The third kappa shape index (κ3) is 4.69. The van der Waals surface area contributed by atoms with Gasteiger partial charge in [0.05, 0.1) is 34.7 Å². The van der Waals surface area contributed by atoms with Crippen LogP contribution in [0, 0.1) is 13.8 Å². The van der Waals surface area contributed by atoms with Gasteiger partial charge in [-0.25, -0.2) is 4.68 Å². The van der Waals surface area contributed by atoms with Gasteiger partial charge in [-0.15, -0.1) is 0 Å². The number of aromatic nitrogens is 2. The van der Waals surface area contributed by atoms with Crippen molar-refractivity contribution in [3.8, 4) is 5.69 Å². The van der Waals surface area contributed by atoms with Crippen LogP contribution in [0.4, 0.5) is 0 Å². The number of halogens is 2. The third-order valence-corrected chi connectivity index (χ3v) is 6.37. The van der Waals surface area contributed by atoms with E-state index in [-0.39, 0.29) is 24.3 Å².